The number of amides is 1. The van der Waals surface area contributed by atoms with Crippen LogP contribution in [0, 0.1) is 5.82 Å². The summed E-state index contributed by atoms with van der Waals surface area (Å²) in [7, 11) is 0. The second kappa shape index (κ2) is 11.6. The molecule has 172 valence electrons. The number of ether oxygens (including phenoxy) is 3. The van der Waals surface area contributed by atoms with Crippen LogP contribution in [0.2, 0.25) is 0 Å². The molecular formula is C24H21F3N2O4. The van der Waals surface area contributed by atoms with Gasteiger partial charge in [-0.15, -0.1) is 0 Å². The fraction of sp³-hybridized carbons (Fsp3) is 0.167. The Morgan fingerprint density at radius 1 is 1.09 bits per heavy atom. The van der Waals surface area contributed by atoms with Crippen LogP contribution in [0.25, 0.3) is 6.08 Å². The van der Waals surface area contributed by atoms with Crippen molar-refractivity contribution in [3.8, 4) is 23.1 Å². The summed E-state index contributed by atoms with van der Waals surface area (Å²) in [6, 6.07) is 13.3. The van der Waals surface area contributed by atoms with Crippen LogP contribution in [0.1, 0.15) is 18.1 Å². The predicted molar refractivity (Wildman–Crippen MR) is 116 cm³/mol. The molecule has 0 aliphatic rings. The lowest BCUT2D eigenvalue weighted by molar-refractivity contribution is -0.116. The Bertz CT molecular complexity index is 1090. The minimum atomic E-state index is -2.96. The molecule has 0 aliphatic carbocycles. The number of halogens is 3. The van der Waals surface area contributed by atoms with Gasteiger partial charge in [0.15, 0.2) is 11.5 Å². The highest BCUT2D eigenvalue weighted by atomic mass is 19.3. The van der Waals surface area contributed by atoms with Crippen molar-refractivity contribution in [3.63, 3.8) is 0 Å². The van der Waals surface area contributed by atoms with E-state index in [9.17, 15) is 18.0 Å². The van der Waals surface area contributed by atoms with Gasteiger partial charge < -0.3 is 19.5 Å². The Morgan fingerprint density at radius 2 is 1.88 bits per heavy atom. The normalized spacial score (nSPS) is 10.9. The summed E-state index contributed by atoms with van der Waals surface area (Å²) < 4.78 is 53.2. The zero-order valence-electron chi connectivity index (χ0n) is 17.6. The number of alkyl halides is 2. The SMILES string of the molecule is CCOc1cc(/C=C/C(=O)NCc2ccc(Oc3ccc(F)cc3)nc2)ccc1OC(F)F. The number of nitrogens with one attached hydrogen (secondary N) is 1. The van der Waals surface area contributed by atoms with Crippen molar-refractivity contribution in [1.82, 2.24) is 10.3 Å². The fourth-order valence-electron chi connectivity index (χ4n) is 2.71. The van der Waals surface area contributed by atoms with E-state index in [1.54, 1.807) is 25.3 Å². The maximum absolute atomic E-state index is 12.9. The molecule has 0 atom stereocenters. The lowest BCUT2D eigenvalue weighted by Gasteiger charge is -2.11. The number of carbonyl (C=O) groups is 1. The Labute approximate surface area is 188 Å². The monoisotopic (exact) mass is 458 g/mol. The predicted octanol–water partition coefficient (Wildman–Crippen LogP) is 5.34. The van der Waals surface area contributed by atoms with Crippen molar-refractivity contribution in [2.24, 2.45) is 0 Å². The molecule has 0 aliphatic heterocycles. The molecule has 9 heteroatoms. The Balaban J connectivity index is 1.53. The van der Waals surface area contributed by atoms with Gasteiger partial charge >= 0.3 is 6.61 Å². The highest BCUT2D eigenvalue weighted by Crippen LogP contribution is 2.30. The van der Waals surface area contributed by atoms with Gasteiger partial charge in [-0.3, -0.25) is 4.79 Å². The molecular weight excluding hydrogens is 437 g/mol. The first-order chi connectivity index (χ1) is 15.9. The van der Waals surface area contributed by atoms with Gasteiger partial charge in [-0.1, -0.05) is 12.1 Å². The van der Waals surface area contributed by atoms with E-state index in [0.29, 0.717) is 17.2 Å². The van der Waals surface area contributed by atoms with E-state index < -0.39 is 6.61 Å². The first kappa shape index (κ1) is 23.6. The van der Waals surface area contributed by atoms with Crippen LogP contribution < -0.4 is 19.5 Å². The number of nitrogens with zero attached hydrogens (tertiary/aromatic N) is 1. The second-order valence-corrected chi connectivity index (χ2v) is 6.63. The van der Waals surface area contributed by atoms with Crippen LogP contribution in [0.5, 0.6) is 23.1 Å². The van der Waals surface area contributed by atoms with Crippen LogP contribution in [0.4, 0.5) is 13.2 Å². The van der Waals surface area contributed by atoms with E-state index in [0.717, 1.165) is 5.56 Å². The molecule has 0 unspecified atom stereocenters. The largest absolute Gasteiger partial charge is 0.490 e. The first-order valence-corrected chi connectivity index (χ1v) is 9.99. The topological polar surface area (TPSA) is 69.7 Å². The van der Waals surface area contributed by atoms with Gasteiger partial charge in [0, 0.05) is 24.9 Å². The molecule has 0 bridgehead atoms. The molecule has 2 aromatic carbocycles. The molecule has 0 radical (unpaired) electrons. The summed E-state index contributed by atoms with van der Waals surface area (Å²) in [5.41, 5.74) is 1.33. The minimum absolute atomic E-state index is 0.0761. The standard InChI is InChI=1S/C24H21F3N2O4/c1-2-31-21-13-16(3-10-20(21)33-24(26)27)4-11-22(30)28-14-17-5-12-23(29-15-17)32-19-8-6-18(25)7-9-19/h3-13,15,24H,2,14H2,1H3,(H,28,30)/b11-4+. The molecule has 33 heavy (non-hydrogen) atoms. The third kappa shape index (κ3) is 7.57. The van der Waals surface area contributed by atoms with E-state index in [1.165, 1.54) is 54.6 Å². The quantitative estimate of drug-likeness (QED) is 0.415. The molecule has 3 rings (SSSR count). The van der Waals surface area contributed by atoms with Crippen LogP contribution >= 0.6 is 0 Å². The van der Waals surface area contributed by atoms with Crippen LogP contribution in [-0.2, 0) is 11.3 Å². The number of benzene rings is 2. The molecule has 1 amide bonds. The van der Waals surface area contributed by atoms with Gasteiger partial charge in [0.2, 0.25) is 11.8 Å². The Morgan fingerprint density at radius 3 is 2.55 bits per heavy atom. The van der Waals surface area contributed by atoms with E-state index in [4.69, 9.17) is 9.47 Å². The maximum atomic E-state index is 12.9. The zero-order chi connectivity index (χ0) is 23.6. The lowest BCUT2D eigenvalue weighted by atomic mass is 10.2. The smallest absolute Gasteiger partial charge is 0.387 e. The van der Waals surface area contributed by atoms with Gasteiger partial charge in [-0.05, 0) is 60.5 Å². The Kier molecular flexibility index (Phi) is 8.29. The molecule has 0 saturated heterocycles. The van der Waals surface area contributed by atoms with E-state index in [2.05, 4.69) is 15.0 Å². The van der Waals surface area contributed by atoms with Crippen LogP contribution in [-0.4, -0.2) is 24.1 Å². The number of carbonyl (C=O) groups excluding carboxylic acids is 1. The molecule has 1 N–H and O–H groups in total. The van der Waals surface area contributed by atoms with Crippen molar-refractivity contribution in [1.29, 1.82) is 0 Å². The molecule has 0 fully saturated rings. The van der Waals surface area contributed by atoms with Crippen molar-refractivity contribution >= 4 is 12.0 Å². The van der Waals surface area contributed by atoms with Crippen molar-refractivity contribution in [2.45, 2.75) is 20.1 Å². The number of hydrogen-bond acceptors (Lipinski definition) is 5. The van der Waals surface area contributed by atoms with Gasteiger partial charge in [-0.25, -0.2) is 9.37 Å². The fourth-order valence-corrected chi connectivity index (χ4v) is 2.71. The van der Waals surface area contributed by atoms with Gasteiger partial charge in [0.25, 0.3) is 0 Å². The summed E-state index contributed by atoms with van der Waals surface area (Å²) in [4.78, 5) is 16.3. The summed E-state index contributed by atoms with van der Waals surface area (Å²) in [5.74, 6) is 0.162. The third-order valence-electron chi connectivity index (χ3n) is 4.21. The zero-order valence-corrected chi connectivity index (χ0v) is 17.6. The molecule has 6 nitrogen and oxygen atoms in total. The number of pyridine rings is 1. The van der Waals surface area contributed by atoms with Crippen molar-refractivity contribution in [2.75, 3.05) is 6.61 Å². The van der Waals surface area contributed by atoms with Gasteiger partial charge in [0.1, 0.15) is 11.6 Å². The highest BCUT2D eigenvalue weighted by Gasteiger charge is 2.11. The molecule has 1 heterocycles. The van der Waals surface area contributed by atoms with Crippen LogP contribution in [0.15, 0.2) is 66.9 Å². The maximum Gasteiger partial charge on any atom is 0.387 e. The minimum Gasteiger partial charge on any atom is -0.490 e. The molecule has 1 aromatic heterocycles. The third-order valence-corrected chi connectivity index (χ3v) is 4.21. The van der Waals surface area contributed by atoms with Crippen LogP contribution in [0.3, 0.4) is 0 Å². The highest BCUT2D eigenvalue weighted by molar-refractivity contribution is 5.91. The Hall–Kier alpha value is -4.01. The molecule has 0 spiro atoms. The van der Waals surface area contributed by atoms with E-state index in [1.807, 2.05) is 0 Å². The second-order valence-electron chi connectivity index (χ2n) is 6.63. The lowest BCUT2D eigenvalue weighted by Crippen LogP contribution is -2.20. The first-order valence-electron chi connectivity index (χ1n) is 9.99. The van der Waals surface area contributed by atoms with E-state index in [-0.39, 0.29) is 36.4 Å². The average molecular weight is 458 g/mol. The van der Waals surface area contributed by atoms with Crippen molar-refractivity contribution < 1.29 is 32.2 Å². The molecule has 0 saturated carbocycles. The summed E-state index contributed by atoms with van der Waals surface area (Å²) in [6.45, 7) is -0.736. The van der Waals surface area contributed by atoms with E-state index >= 15 is 0 Å². The number of hydrogen-bond donors (Lipinski definition) is 1. The molecule has 3 aromatic rings. The number of aromatic nitrogens is 1. The summed E-state index contributed by atoms with van der Waals surface area (Å²) in [5, 5.41) is 2.72. The van der Waals surface area contributed by atoms with Gasteiger partial charge in [-0.2, -0.15) is 8.78 Å². The summed E-state index contributed by atoms with van der Waals surface area (Å²) in [6.07, 6.45) is 4.40. The number of rotatable bonds is 10. The van der Waals surface area contributed by atoms with Crippen molar-refractivity contribution in [3.05, 3.63) is 83.8 Å². The average Bonchev–Trinajstić information content (AvgIpc) is 2.80. The summed E-state index contributed by atoms with van der Waals surface area (Å²) >= 11 is 0. The van der Waals surface area contributed by atoms with Gasteiger partial charge in [0.05, 0.1) is 6.61 Å².